The highest BCUT2D eigenvalue weighted by Gasteiger charge is 2.13. The second-order valence-corrected chi connectivity index (χ2v) is 7.83. The van der Waals surface area contributed by atoms with E-state index in [-0.39, 0.29) is 0 Å². The van der Waals surface area contributed by atoms with Gasteiger partial charge in [-0.2, -0.15) is 0 Å². The summed E-state index contributed by atoms with van der Waals surface area (Å²) in [4.78, 5) is 24.5. The Labute approximate surface area is 185 Å². The second-order valence-electron chi connectivity index (χ2n) is 6.12. The van der Waals surface area contributed by atoms with Crippen LogP contribution in [-0.4, -0.2) is 18.4 Å². The first-order valence-electron chi connectivity index (χ1n) is 8.86. The molecule has 0 atom stereocenters. The van der Waals surface area contributed by atoms with Crippen LogP contribution in [0.15, 0.2) is 81.7 Å². The number of ether oxygens (including phenoxy) is 1. The van der Waals surface area contributed by atoms with E-state index in [1.165, 1.54) is 5.56 Å². The lowest BCUT2D eigenvalue weighted by atomic mass is 10.2. The molecule has 2 amide bonds. The van der Waals surface area contributed by atoms with E-state index < -0.39 is 11.8 Å². The van der Waals surface area contributed by atoms with E-state index in [0.717, 1.165) is 6.42 Å². The van der Waals surface area contributed by atoms with Gasteiger partial charge >= 0.3 is 0 Å². The highest BCUT2D eigenvalue weighted by molar-refractivity contribution is 9.10. The molecule has 0 aliphatic carbocycles. The molecule has 0 aliphatic heterocycles. The van der Waals surface area contributed by atoms with Crippen LogP contribution in [0.5, 0.6) is 5.75 Å². The molecule has 2 N–H and O–H groups in total. The molecule has 0 saturated heterocycles. The van der Waals surface area contributed by atoms with Crippen LogP contribution < -0.4 is 15.6 Å². The molecule has 0 heterocycles. The number of benzene rings is 3. The van der Waals surface area contributed by atoms with Crippen molar-refractivity contribution >= 4 is 43.7 Å². The maximum atomic E-state index is 12.3. The standard InChI is InChI=1S/C22H18Br2N2O3/c23-18-9-5-4-8-17(18)22(28)26-25-21(27)16-10-11-20(19(24)14-16)29-13-12-15-6-2-1-3-7-15/h1-11,14H,12-13H2,(H,25,27)(H,26,28). The molecular weight excluding hydrogens is 500 g/mol. The van der Waals surface area contributed by atoms with Crippen molar-refractivity contribution in [3.63, 3.8) is 0 Å². The topological polar surface area (TPSA) is 67.4 Å². The van der Waals surface area contributed by atoms with Crippen LogP contribution in [0.3, 0.4) is 0 Å². The lowest BCUT2D eigenvalue weighted by Gasteiger charge is -2.11. The number of hydrogen-bond donors (Lipinski definition) is 2. The summed E-state index contributed by atoms with van der Waals surface area (Å²) in [7, 11) is 0. The summed E-state index contributed by atoms with van der Waals surface area (Å²) >= 11 is 6.74. The molecule has 5 nitrogen and oxygen atoms in total. The Morgan fingerprint density at radius 1 is 0.793 bits per heavy atom. The van der Waals surface area contributed by atoms with Crippen LogP contribution in [0.25, 0.3) is 0 Å². The average molecular weight is 518 g/mol. The molecule has 0 fully saturated rings. The van der Waals surface area contributed by atoms with Gasteiger partial charge in [-0.1, -0.05) is 42.5 Å². The van der Waals surface area contributed by atoms with Gasteiger partial charge in [0.05, 0.1) is 16.6 Å². The molecular formula is C22H18Br2N2O3. The maximum Gasteiger partial charge on any atom is 0.270 e. The number of nitrogens with one attached hydrogen (secondary N) is 2. The molecule has 3 aromatic rings. The average Bonchev–Trinajstić information content (AvgIpc) is 2.74. The Bertz CT molecular complexity index is 1010. The van der Waals surface area contributed by atoms with Gasteiger partial charge in [-0.05, 0) is 67.8 Å². The van der Waals surface area contributed by atoms with Crippen LogP contribution in [-0.2, 0) is 6.42 Å². The molecule has 3 aromatic carbocycles. The number of carbonyl (C=O) groups excluding carboxylic acids is 2. The molecule has 0 unspecified atom stereocenters. The van der Waals surface area contributed by atoms with Crippen LogP contribution in [0.4, 0.5) is 0 Å². The lowest BCUT2D eigenvalue weighted by molar-refractivity contribution is 0.0846. The van der Waals surface area contributed by atoms with Gasteiger partial charge in [-0.3, -0.25) is 20.4 Å². The van der Waals surface area contributed by atoms with Crippen LogP contribution in [0.1, 0.15) is 26.3 Å². The summed E-state index contributed by atoms with van der Waals surface area (Å²) in [5.41, 5.74) is 6.83. The Hall–Kier alpha value is -2.64. The minimum atomic E-state index is -0.429. The van der Waals surface area contributed by atoms with Gasteiger partial charge in [0, 0.05) is 16.5 Å². The molecule has 7 heteroatoms. The third kappa shape index (κ3) is 5.92. The van der Waals surface area contributed by atoms with Crippen molar-refractivity contribution in [1.29, 1.82) is 0 Å². The fourth-order valence-corrected chi connectivity index (χ4v) is 3.54. The second kappa shape index (κ2) is 10.2. The zero-order valence-corrected chi connectivity index (χ0v) is 18.5. The van der Waals surface area contributed by atoms with E-state index in [1.54, 1.807) is 42.5 Å². The molecule has 0 radical (unpaired) electrons. The van der Waals surface area contributed by atoms with Gasteiger partial charge in [0.15, 0.2) is 0 Å². The summed E-state index contributed by atoms with van der Waals surface area (Å²) in [6.45, 7) is 0.524. The smallest absolute Gasteiger partial charge is 0.270 e. The van der Waals surface area contributed by atoms with E-state index in [2.05, 4.69) is 42.7 Å². The number of rotatable bonds is 6. The van der Waals surface area contributed by atoms with Gasteiger partial charge in [0.1, 0.15) is 5.75 Å². The highest BCUT2D eigenvalue weighted by Crippen LogP contribution is 2.26. The van der Waals surface area contributed by atoms with Crippen molar-refractivity contribution in [3.8, 4) is 5.75 Å². The van der Waals surface area contributed by atoms with E-state index in [9.17, 15) is 9.59 Å². The van der Waals surface area contributed by atoms with Crippen molar-refractivity contribution in [2.45, 2.75) is 6.42 Å². The van der Waals surface area contributed by atoms with E-state index in [4.69, 9.17) is 4.74 Å². The van der Waals surface area contributed by atoms with Gasteiger partial charge in [0.2, 0.25) is 0 Å². The molecule has 3 rings (SSSR count). The van der Waals surface area contributed by atoms with Gasteiger partial charge in [0.25, 0.3) is 11.8 Å². The molecule has 0 spiro atoms. The number of halogens is 2. The molecule has 29 heavy (non-hydrogen) atoms. The van der Waals surface area contributed by atoms with Crippen molar-refractivity contribution in [2.24, 2.45) is 0 Å². The summed E-state index contributed by atoms with van der Waals surface area (Å²) in [5, 5.41) is 0. The summed E-state index contributed by atoms with van der Waals surface area (Å²) in [5.74, 6) is -0.192. The van der Waals surface area contributed by atoms with Crippen molar-refractivity contribution in [2.75, 3.05) is 6.61 Å². The third-order valence-corrected chi connectivity index (χ3v) is 5.40. The monoisotopic (exact) mass is 516 g/mol. The number of amides is 2. The lowest BCUT2D eigenvalue weighted by Crippen LogP contribution is -2.41. The van der Waals surface area contributed by atoms with E-state index in [1.807, 2.05) is 30.3 Å². The Kier molecular flexibility index (Phi) is 7.43. The molecule has 0 saturated carbocycles. The zero-order valence-electron chi connectivity index (χ0n) is 15.3. The Morgan fingerprint density at radius 2 is 1.48 bits per heavy atom. The Balaban J connectivity index is 1.54. The first-order chi connectivity index (χ1) is 14.0. The van der Waals surface area contributed by atoms with Gasteiger partial charge in [-0.15, -0.1) is 0 Å². The third-order valence-electron chi connectivity index (χ3n) is 4.09. The predicted molar refractivity (Wildman–Crippen MR) is 119 cm³/mol. The highest BCUT2D eigenvalue weighted by atomic mass is 79.9. The fourth-order valence-electron chi connectivity index (χ4n) is 2.58. The van der Waals surface area contributed by atoms with Crippen molar-refractivity contribution in [1.82, 2.24) is 10.9 Å². The van der Waals surface area contributed by atoms with E-state index in [0.29, 0.717) is 32.4 Å². The predicted octanol–water partition coefficient (Wildman–Crippen LogP) is 4.91. The largest absolute Gasteiger partial charge is 0.492 e. The quantitative estimate of drug-likeness (QED) is 0.456. The molecule has 0 bridgehead atoms. The minimum Gasteiger partial charge on any atom is -0.492 e. The van der Waals surface area contributed by atoms with Crippen LogP contribution >= 0.6 is 31.9 Å². The van der Waals surface area contributed by atoms with E-state index >= 15 is 0 Å². The number of hydrogen-bond acceptors (Lipinski definition) is 3. The van der Waals surface area contributed by atoms with Crippen LogP contribution in [0, 0.1) is 0 Å². The fraction of sp³-hybridized carbons (Fsp3) is 0.0909. The van der Waals surface area contributed by atoms with Crippen molar-refractivity contribution < 1.29 is 14.3 Å². The Morgan fingerprint density at radius 3 is 2.21 bits per heavy atom. The molecule has 0 aliphatic rings. The molecule has 148 valence electrons. The van der Waals surface area contributed by atoms with Gasteiger partial charge < -0.3 is 4.74 Å². The molecule has 0 aromatic heterocycles. The van der Waals surface area contributed by atoms with Crippen molar-refractivity contribution in [3.05, 3.63) is 98.4 Å². The summed E-state index contributed by atoms with van der Waals surface area (Å²) in [6, 6.07) is 22.0. The number of hydrazine groups is 1. The maximum absolute atomic E-state index is 12.3. The SMILES string of the molecule is O=C(NNC(=O)c1ccccc1Br)c1ccc(OCCc2ccccc2)c(Br)c1. The minimum absolute atomic E-state index is 0.389. The summed E-state index contributed by atoms with van der Waals surface area (Å²) < 4.78 is 7.10. The zero-order chi connectivity index (χ0) is 20.6. The van der Waals surface area contributed by atoms with Gasteiger partial charge in [-0.25, -0.2) is 0 Å². The summed E-state index contributed by atoms with van der Waals surface area (Å²) in [6.07, 6.45) is 0.788. The normalized spacial score (nSPS) is 10.3. The van der Waals surface area contributed by atoms with Crippen LogP contribution in [0.2, 0.25) is 0 Å². The number of carbonyl (C=O) groups is 2. The first-order valence-corrected chi connectivity index (χ1v) is 10.4. The first kappa shape index (κ1) is 21.1.